The summed E-state index contributed by atoms with van der Waals surface area (Å²) in [5.74, 6) is 1.58. The van der Waals surface area contributed by atoms with Gasteiger partial charge in [0, 0.05) is 45.3 Å². The topological polar surface area (TPSA) is 77.6 Å². The smallest absolute Gasteiger partial charge is 0.225 e. The summed E-state index contributed by atoms with van der Waals surface area (Å²) >= 11 is 0. The summed E-state index contributed by atoms with van der Waals surface area (Å²) in [5, 5.41) is 6.49. The van der Waals surface area contributed by atoms with E-state index in [0.717, 1.165) is 47.3 Å². The molecule has 0 spiro atoms. The Balaban J connectivity index is 1.35. The molecule has 176 valence electrons. The minimum absolute atomic E-state index is 0.0322. The normalized spacial score (nSPS) is 19.2. The molecule has 0 saturated carbocycles. The highest BCUT2D eigenvalue weighted by Crippen LogP contribution is 2.28. The lowest BCUT2D eigenvalue weighted by molar-refractivity contribution is -0.128. The summed E-state index contributed by atoms with van der Waals surface area (Å²) in [6, 6.07) is 8.32. The van der Waals surface area contributed by atoms with Crippen molar-refractivity contribution < 1.29 is 9.59 Å². The number of carbonyl (C=O) groups excluding carboxylic acids is 2. The predicted octanol–water partition coefficient (Wildman–Crippen LogP) is 3.77. The van der Waals surface area contributed by atoms with Gasteiger partial charge in [-0.25, -0.2) is 4.98 Å². The van der Waals surface area contributed by atoms with Crippen molar-refractivity contribution in [1.82, 2.24) is 15.2 Å². The fraction of sp³-hybridized carbons (Fsp3) is 0.500. The molecule has 1 unspecified atom stereocenters. The molecule has 2 saturated heterocycles. The van der Waals surface area contributed by atoms with Crippen molar-refractivity contribution in [3.63, 3.8) is 0 Å². The molecule has 2 aliphatic heterocycles. The second kappa shape index (κ2) is 9.81. The maximum atomic E-state index is 12.4. The van der Waals surface area contributed by atoms with Crippen LogP contribution in [-0.4, -0.2) is 48.4 Å². The molecule has 7 heteroatoms. The summed E-state index contributed by atoms with van der Waals surface area (Å²) in [6.45, 7) is 9.60. The van der Waals surface area contributed by atoms with Gasteiger partial charge in [0.05, 0.1) is 17.8 Å². The molecule has 0 bridgehead atoms. The fourth-order valence-electron chi connectivity index (χ4n) is 4.58. The van der Waals surface area contributed by atoms with E-state index in [1.165, 1.54) is 18.4 Å². The molecule has 2 aliphatic rings. The second-order valence-electron chi connectivity index (χ2n) is 9.69. The Kier molecular flexibility index (Phi) is 6.86. The van der Waals surface area contributed by atoms with Crippen LogP contribution in [0, 0.1) is 25.7 Å². The van der Waals surface area contributed by atoms with E-state index in [1.807, 2.05) is 18.3 Å². The van der Waals surface area contributed by atoms with Crippen molar-refractivity contribution in [2.45, 2.75) is 46.6 Å². The third-order valence-corrected chi connectivity index (χ3v) is 6.94. The van der Waals surface area contributed by atoms with Crippen molar-refractivity contribution in [2.24, 2.45) is 11.8 Å². The molecule has 1 aromatic heterocycles. The van der Waals surface area contributed by atoms with Crippen LogP contribution in [0.25, 0.3) is 0 Å². The Bertz CT molecular complexity index is 1030. The lowest BCUT2D eigenvalue weighted by atomic mass is 9.99. The zero-order valence-electron chi connectivity index (χ0n) is 20.1. The molecule has 1 atom stereocenters. The van der Waals surface area contributed by atoms with Gasteiger partial charge in [0.2, 0.25) is 11.8 Å². The molecule has 2 N–H and O–H groups in total. The van der Waals surface area contributed by atoms with E-state index < -0.39 is 0 Å². The average molecular weight is 450 g/mol. The first-order chi connectivity index (χ1) is 15.8. The number of benzene rings is 1. The first-order valence-electron chi connectivity index (χ1n) is 11.9. The first-order valence-corrected chi connectivity index (χ1v) is 11.9. The van der Waals surface area contributed by atoms with Crippen LogP contribution >= 0.6 is 0 Å². The maximum Gasteiger partial charge on any atom is 0.225 e. The van der Waals surface area contributed by atoms with Gasteiger partial charge in [-0.15, -0.1) is 0 Å². The van der Waals surface area contributed by atoms with Crippen LogP contribution in [-0.2, 0) is 16.1 Å². The van der Waals surface area contributed by atoms with Gasteiger partial charge in [-0.1, -0.05) is 19.1 Å². The molecular weight excluding hydrogens is 414 g/mol. The van der Waals surface area contributed by atoms with Crippen LogP contribution in [0.2, 0.25) is 0 Å². The number of aromatic nitrogens is 1. The predicted molar refractivity (Wildman–Crippen MR) is 132 cm³/mol. The van der Waals surface area contributed by atoms with Gasteiger partial charge in [-0.3, -0.25) is 9.59 Å². The second-order valence-corrected chi connectivity index (χ2v) is 9.69. The number of likely N-dealkylation sites (tertiary alicyclic amines) is 1. The highest BCUT2D eigenvalue weighted by molar-refractivity contribution is 5.89. The number of amides is 2. The largest absolute Gasteiger partial charge is 0.357 e. The summed E-state index contributed by atoms with van der Waals surface area (Å²) < 4.78 is 0. The highest BCUT2D eigenvalue weighted by Gasteiger charge is 2.31. The van der Waals surface area contributed by atoms with Gasteiger partial charge in [-0.05, 0) is 61.4 Å². The summed E-state index contributed by atoms with van der Waals surface area (Å²) in [7, 11) is 1.74. The number of piperidine rings is 1. The summed E-state index contributed by atoms with van der Waals surface area (Å²) in [4.78, 5) is 32.8. The number of rotatable bonds is 6. The third-order valence-electron chi connectivity index (χ3n) is 6.94. The monoisotopic (exact) mass is 449 g/mol. The van der Waals surface area contributed by atoms with E-state index in [4.69, 9.17) is 4.98 Å². The van der Waals surface area contributed by atoms with Crippen molar-refractivity contribution in [2.75, 3.05) is 36.9 Å². The molecule has 7 nitrogen and oxygen atoms in total. The molecule has 0 radical (unpaired) electrons. The Morgan fingerprint density at radius 1 is 1.12 bits per heavy atom. The van der Waals surface area contributed by atoms with Gasteiger partial charge < -0.3 is 20.4 Å². The van der Waals surface area contributed by atoms with Crippen LogP contribution in [0.3, 0.4) is 0 Å². The number of hydrogen-bond donors (Lipinski definition) is 2. The minimum atomic E-state index is -0.253. The number of pyridine rings is 1. The third kappa shape index (κ3) is 5.46. The standard InChI is InChI=1S/C26H35N5O2/c1-17-7-9-31(10-8-17)24-12-19(3)23(15-27-24)29-22-6-5-20(11-18(22)2)14-28-26(33)21-13-25(32)30(4)16-21/h5-6,11-12,15,17,21,29H,7-10,13-14,16H2,1-4H3,(H,28,33). The fourth-order valence-corrected chi connectivity index (χ4v) is 4.58. The van der Waals surface area contributed by atoms with Crippen molar-refractivity contribution >= 4 is 29.0 Å². The number of carbonyl (C=O) groups is 2. The van der Waals surface area contributed by atoms with Gasteiger partial charge in [-0.2, -0.15) is 0 Å². The molecule has 4 rings (SSSR count). The van der Waals surface area contributed by atoms with E-state index in [-0.39, 0.29) is 17.7 Å². The molecule has 2 fully saturated rings. The Hall–Kier alpha value is -3.09. The molecule has 2 aromatic rings. The summed E-state index contributed by atoms with van der Waals surface area (Å²) in [6.07, 6.45) is 4.68. The SMILES string of the molecule is Cc1cc(CNC(=O)C2CC(=O)N(C)C2)ccc1Nc1cnc(N2CCC(C)CC2)cc1C. The zero-order valence-corrected chi connectivity index (χ0v) is 20.1. The van der Waals surface area contributed by atoms with Gasteiger partial charge >= 0.3 is 0 Å². The molecule has 0 aliphatic carbocycles. The van der Waals surface area contributed by atoms with Crippen molar-refractivity contribution in [3.05, 3.63) is 47.2 Å². The quantitative estimate of drug-likeness (QED) is 0.702. The summed E-state index contributed by atoms with van der Waals surface area (Å²) in [5.41, 5.74) is 5.34. The van der Waals surface area contributed by atoms with Gasteiger partial charge in [0.15, 0.2) is 0 Å². The van der Waals surface area contributed by atoms with E-state index in [1.54, 1.807) is 11.9 Å². The van der Waals surface area contributed by atoms with Crippen LogP contribution < -0.4 is 15.5 Å². The molecule has 2 amide bonds. The minimum Gasteiger partial charge on any atom is -0.357 e. The van der Waals surface area contributed by atoms with Crippen LogP contribution in [0.5, 0.6) is 0 Å². The first kappa shape index (κ1) is 23.1. The van der Waals surface area contributed by atoms with Crippen LogP contribution in [0.1, 0.15) is 42.9 Å². The molecular formula is C26H35N5O2. The van der Waals surface area contributed by atoms with E-state index in [9.17, 15) is 9.59 Å². The highest BCUT2D eigenvalue weighted by atomic mass is 16.2. The number of hydrogen-bond acceptors (Lipinski definition) is 5. The number of nitrogens with one attached hydrogen (secondary N) is 2. The number of nitrogens with zero attached hydrogens (tertiary/aromatic N) is 3. The lowest BCUT2D eigenvalue weighted by Crippen LogP contribution is -2.33. The van der Waals surface area contributed by atoms with E-state index in [2.05, 4.69) is 48.4 Å². The van der Waals surface area contributed by atoms with Gasteiger partial charge in [0.1, 0.15) is 5.82 Å². The number of anilines is 3. The van der Waals surface area contributed by atoms with E-state index in [0.29, 0.717) is 19.5 Å². The van der Waals surface area contributed by atoms with Crippen molar-refractivity contribution in [1.29, 1.82) is 0 Å². The Morgan fingerprint density at radius 3 is 2.48 bits per heavy atom. The molecule has 1 aromatic carbocycles. The lowest BCUT2D eigenvalue weighted by Gasteiger charge is -2.31. The Morgan fingerprint density at radius 2 is 1.85 bits per heavy atom. The number of aryl methyl sites for hydroxylation is 2. The van der Waals surface area contributed by atoms with E-state index >= 15 is 0 Å². The maximum absolute atomic E-state index is 12.4. The van der Waals surface area contributed by atoms with Crippen molar-refractivity contribution in [3.8, 4) is 0 Å². The molecule has 3 heterocycles. The zero-order chi connectivity index (χ0) is 23.5. The molecule has 33 heavy (non-hydrogen) atoms. The van der Waals surface area contributed by atoms with Gasteiger partial charge in [0.25, 0.3) is 0 Å². The average Bonchev–Trinajstić information content (AvgIpc) is 3.14. The Labute approximate surface area is 196 Å². The van der Waals surface area contributed by atoms with Crippen LogP contribution in [0.4, 0.5) is 17.2 Å². The van der Waals surface area contributed by atoms with Crippen LogP contribution in [0.15, 0.2) is 30.5 Å².